The molecule has 0 amide bonds. The molecule has 5 heteroatoms. The quantitative estimate of drug-likeness (QED) is 0.477. The van der Waals surface area contributed by atoms with Crippen molar-refractivity contribution < 1.29 is 22.7 Å². The van der Waals surface area contributed by atoms with Crippen molar-refractivity contribution in [3.05, 3.63) is 0 Å². The van der Waals surface area contributed by atoms with Crippen LogP contribution in [-0.4, -0.2) is 23.1 Å². The van der Waals surface area contributed by atoms with Crippen LogP contribution in [0.3, 0.4) is 0 Å². The molecule has 0 spiro atoms. The van der Waals surface area contributed by atoms with Crippen molar-refractivity contribution >= 4 is 0 Å². The Morgan fingerprint density at radius 3 is 1.12 bits per heavy atom. The molecule has 0 aromatic carbocycles. The second-order valence-electron chi connectivity index (χ2n) is 1.65. The van der Waals surface area contributed by atoms with Gasteiger partial charge in [0.05, 0.1) is 0 Å². The molecule has 0 unspecified atom stereocenters. The maximum Gasteiger partial charge on any atom is 0.344 e. The first-order valence-corrected chi connectivity index (χ1v) is 1.84. The summed E-state index contributed by atoms with van der Waals surface area (Å²) in [6, 6.07) is 0. The van der Waals surface area contributed by atoms with E-state index < -0.39 is 17.9 Å². The van der Waals surface area contributed by atoms with Gasteiger partial charge in [-0.15, -0.1) is 0 Å². The van der Waals surface area contributed by atoms with Gasteiger partial charge in [-0.3, -0.25) is 0 Å². The van der Waals surface area contributed by atoms with E-state index >= 15 is 0 Å². The smallest absolute Gasteiger partial charge is 0.344 e. The zero-order valence-electron chi connectivity index (χ0n) is 3.54. The summed E-state index contributed by atoms with van der Waals surface area (Å²) in [7, 11) is 0. The van der Waals surface area contributed by atoms with Crippen LogP contribution in [-0.2, 0) is 0 Å². The van der Waals surface area contributed by atoms with Gasteiger partial charge in [-0.1, -0.05) is 0 Å². The molecule has 1 aliphatic carbocycles. The fourth-order valence-corrected chi connectivity index (χ4v) is 0.326. The molecule has 1 N–H and O–H groups in total. The summed E-state index contributed by atoms with van der Waals surface area (Å²) in [5.74, 6) is -8.35. The van der Waals surface area contributed by atoms with Crippen molar-refractivity contribution in [3.8, 4) is 0 Å². The number of aliphatic hydroxyl groups is 1. The fraction of sp³-hybridized carbons (Fsp3) is 1.00. The third-order valence-corrected chi connectivity index (χ3v) is 1.05. The van der Waals surface area contributed by atoms with Gasteiger partial charge in [0, 0.05) is 0 Å². The Morgan fingerprint density at radius 1 is 1.00 bits per heavy atom. The average molecular weight is 130 g/mol. The van der Waals surface area contributed by atoms with Crippen LogP contribution in [0.1, 0.15) is 0 Å². The first kappa shape index (κ1) is 5.81. The van der Waals surface area contributed by atoms with E-state index in [9.17, 15) is 17.6 Å². The third kappa shape index (κ3) is 0.357. The zero-order chi connectivity index (χ0) is 6.58. The molecule has 0 aromatic rings. The SMILES string of the molecule is OC1C(F)(F)C1(F)F. The minimum Gasteiger partial charge on any atom is -0.381 e. The van der Waals surface area contributed by atoms with Crippen LogP contribution in [0.2, 0.25) is 0 Å². The van der Waals surface area contributed by atoms with Crippen LogP contribution in [0.4, 0.5) is 17.6 Å². The summed E-state index contributed by atoms with van der Waals surface area (Å²) in [6.45, 7) is 0. The number of hydrogen-bond acceptors (Lipinski definition) is 1. The molecular weight excluding hydrogens is 128 g/mol. The van der Waals surface area contributed by atoms with Crippen LogP contribution in [0, 0.1) is 0 Å². The number of halogens is 4. The van der Waals surface area contributed by atoms with Gasteiger partial charge in [-0.25, -0.2) is 0 Å². The van der Waals surface area contributed by atoms with Crippen molar-refractivity contribution in [2.24, 2.45) is 0 Å². The number of rotatable bonds is 0. The molecular formula is C3H2F4O. The minimum atomic E-state index is -4.17. The highest BCUT2D eigenvalue weighted by atomic mass is 19.3. The Bertz CT molecular complexity index is 106. The molecule has 0 aliphatic heterocycles. The fourth-order valence-electron chi connectivity index (χ4n) is 0.326. The molecule has 48 valence electrons. The van der Waals surface area contributed by atoms with Crippen LogP contribution >= 0.6 is 0 Å². The van der Waals surface area contributed by atoms with E-state index in [0.29, 0.717) is 0 Å². The molecule has 1 saturated carbocycles. The van der Waals surface area contributed by atoms with Gasteiger partial charge in [-0.2, -0.15) is 17.6 Å². The number of aliphatic hydroxyl groups excluding tert-OH is 1. The first-order valence-electron chi connectivity index (χ1n) is 1.84. The predicted octanol–water partition coefficient (Wildman–Crippen LogP) is 0.631. The summed E-state index contributed by atoms with van der Waals surface area (Å²) >= 11 is 0. The molecule has 0 heterocycles. The van der Waals surface area contributed by atoms with Gasteiger partial charge in [0.15, 0.2) is 6.10 Å². The summed E-state index contributed by atoms with van der Waals surface area (Å²) < 4.78 is 45.2. The molecule has 1 rings (SSSR count). The number of alkyl halides is 4. The van der Waals surface area contributed by atoms with Gasteiger partial charge in [0.1, 0.15) is 0 Å². The third-order valence-electron chi connectivity index (χ3n) is 1.05. The van der Waals surface area contributed by atoms with Gasteiger partial charge < -0.3 is 5.11 Å². The minimum absolute atomic E-state index is 2.75. The van der Waals surface area contributed by atoms with Gasteiger partial charge >= 0.3 is 11.8 Å². The highest BCUT2D eigenvalue weighted by molar-refractivity contribution is 5.15. The van der Waals surface area contributed by atoms with Crippen molar-refractivity contribution in [2.45, 2.75) is 17.9 Å². The van der Waals surface area contributed by atoms with Crippen LogP contribution in [0.5, 0.6) is 0 Å². The van der Waals surface area contributed by atoms with E-state index in [1.807, 2.05) is 0 Å². The van der Waals surface area contributed by atoms with Crippen LogP contribution in [0.25, 0.3) is 0 Å². The van der Waals surface area contributed by atoms with Crippen molar-refractivity contribution in [3.63, 3.8) is 0 Å². The van der Waals surface area contributed by atoms with Gasteiger partial charge in [0.25, 0.3) is 0 Å². The topological polar surface area (TPSA) is 20.2 Å². The average Bonchev–Trinajstić information content (AvgIpc) is 1.88. The molecule has 1 fully saturated rings. The Kier molecular flexibility index (Phi) is 0.726. The largest absolute Gasteiger partial charge is 0.381 e. The highest BCUT2D eigenvalue weighted by Crippen LogP contribution is 2.56. The normalized spacial score (nSPS) is 32.6. The summed E-state index contributed by atoms with van der Waals surface area (Å²) in [4.78, 5) is 0. The summed E-state index contributed by atoms with van der Waals surface area (Å²) in [5.41, 5.74) is 0. The molecule has 1 nitrogen and oxygen atoms in total. The Morgan fingerprint density at radius 2 is 1.12 bits per heavy atom. The van der Waals surface area contributed by atoms with Gasteiger partial charge in [-0.05, 0) is 0 Å². The van der Waals surface area contributed by atoms with E-state index in [1.54, 1.807) is 0 Å². The van der Waals surface area contributed by atoms with E-state index in [2.05, 4.69) is 0 Å². The van der Waals surface area contributed by atoms with Crippen molar-refractivity contribution in [1.82, 2.24) is 0 Å². The lowest BCUT2D eigenvalue weighted by Crippen LogP contribution is -2.02. The Labute approximate surface area is 41.9 Å². The van der Waals surface area contributed by atoms with Gasteiger partial charge in [0.2, 0.25) is 0 Å². The lowest BCUT2D eigenvalue weighted by molar-refractivity contribution is -0.0278. The first-order chi connectivity index (χ1) is 3.40. The summed E-state index contributed by atoms with van der Waals surface area (Å²) in [6.07, 6.45) is -2.75. The van der Waals surface area contributed by atoms with Crippen LogP contribution < -0.4 is 0 Å². The second kappa shape index (κ2) is 1.00. The van der Waals surface area contributed by atoms with E-state index in [0.717, 1.165) is 0 Å². The molecule has 0 saturated heterocycles. The Balaban J connectivity index is 2.72. The van der Waals surface area contributed by atoms with E-state index in [-0.39, 0.29) is 0 Å². The van der Waals surface area contributed by atoms with Crippen molar-refractivity contribution in [1.29, 1.82) is 0 Å². The zero-order valence-corrected chi connectivity index (χ0v) is 3.54. The Hall–Kier alpha value is -0.320. The molecule has 0 bridgehead atoms. The number of hydrogen-bond donors (Lipinski definition) is 1. The highest BCUT2D eigenvalue weighted by Gasteiger charge is 2.85. The molecule has 0 radical (unpaired) electrons. The molecule has 0 aromatic heterocycles. The predicted molar refractivity (Wildman–Crippen MR) is 15.9 cm³/mol. The van der Waals surface area contributed by atoms with E-state index in [4.69, 9.17) is 5.11 Å². The van der Waals surface area contributed by atoms with Crippen LogP contribution in [0.15, 0.2) is 0 Å². The second-order valence-corrected chi connectivity index (χ2v) is 1.65. The monoisotopic (exact) mass is 130 g/mol. The lowest BCUT2D eigenvalue weighted by Gasteiger charge is -1.86. The maximum absolute atomic E-state index is 11.3. The van der Waals surface area contributed by atoms with Crippen molar-refractivity contribution in [2.75, 3.05) is 0 Å². The molecule has 8 heavy (non-hydrogen) atoms. The molecule has 0 atom stereocenters. The maximum atomic E-state index is 11.3. The summed E-state index contributed by atoms with van der Waals surface area (Å²) in [5, 5.41) is 7.72. The molecule has 1 aliphatic rings. The van der Waals surface area contributed by atoms with E-state index in [1.165, 1.54) is 0 Å². The standard InChI is InChI=1S/C3H2F4O/c4-2(5)1(8)3(2,6)7/h1,8H. The lowest BCUT2D eigenvalue weighted by atomic mass is 10.8.